The van der Waals surface area contributed by atoms with Crippen LogP contribution < -0.4 is 10.6 Å². The molecular formula is C15H26N4O. The highest BCUT2D eigenvalue weighted by molar-refractivity contribution is 5.56. The first-order valence-electron chi connectivity index (χ1n) is 7.48. The first-order valence-corrected chi connectivity index (χ1v) is 7.48. The number of hydrogen-bond donors (Lipinski definition) is 2. The van der Waals surface area contributed by atoms with Gasteiger partial charge in [0.25, 0.3) is 0 Å². The van der Waals surface area contributed by atoms with E-state index in [1.54, 1.807) is 6.33 Å². The third-order valence-corrected chi connectivity index (χ3v) is 3.66. The van der Waals surface area contributed by atoms with E-state index in [1.807, 2.05) is 0 Å². The molecule has 0 saturated carbocycles. The van der Waals surface area contributed by atoms with Crippen molar-refractivity contribution >= 4 is 11.6 Å². The summed E-state index contributed by atoms with van der Waals surface area (Å²) in [5, 5.41) is 6.89. The van der Waals surface area contributed by atoms with E-state index in [2.05, 4.69) is 48.3 Å². The van der Waals surface area contributed by atoms with Crippen molar-refractivity contribution in [2.45, 2.75) is 58.6 Å². The third-order valence-electron chi connectivity index (χ3n) is 3.66. The third kappa shape index (κ3) is 3.82. The molecule has 2 N–H and O–H groups in total. The van der Waals surface area contributed by atoms with Gasteiger partial charge in [-0.3, -0.25) is 0 Å². The predicted molar refractivity (Wildman–Crippen MR) is 82.2 cm³/mol. The van der Waals surface area contributed by atoms with Crippen molar-refractivity contribution in [1.29, 1.82) is 0 Å². The summed E-state index contributed by atoms with van der Waals surface area (Å²) in [7, 11) is 0. The summed E-state index contributed by atoms with van der Waals surface area (Å²) < 4.78 is 5.76. The van der Waals surface area contributed by atoms with Gasteiger partial charge < -0.3 is 15.4 Å². The maximum atomic E-state index is 5.76. The highest BCUT2D eigenvalue weighted by Crippen LogP contribution is 2.27. The topological polar surface area (TPSA) is 59.1 Å². The average molecular weight is 278 g/mol. The monoisotopic (exact) mass is 278 g/mol. The first-order chi connectivity index (χ1) is 9.52. The molecule has 1 aliphatic heterocycles. The van der Waals surface area contributed by atoms with E-state index in [1.165, 1.54) is 0 Å². The van der Waals surface area contributed by atoms with E-state index in [9.17, 15) is 0 Å². The number of aromatic nitrogens is 2. The van der Waals surface area contributed by atoms with Gasteiger partial charge in [-0.2, -0.15) is 0 Å². The SMILES string of the molecule is CCCNc1ncnc(NC2CCOC(C)(C)C2)c1C. The molecule has 5 heteroatoms. The minimum Gasteiger partial charge on any atom is -0.375 e. The van der Waals surface area contributed by atoms with Crippen molar-refractivity contribution in [3.63, 3.8) is 0 Å². The fourth-order valence-corrected chi connectivity index (χ4v) is 2.57. The van der Waals surface area contributed by atoms with Crippen molar-refractivity contribution in [3.8, 4) is 0 Å². The normalized spacial score (nSPS) is 21.5. The van der Waals surface area contributed by atoms with E-state index >= 15 is 0 Å². The average Bonchev–Trinajstić information content (AvgIpc) is 2.39. The molecule has 2 rings (SSSR count). The first kappa shape index (κ1) is 15.0. The van der Waals surface area contributed by atoms with Crippen molar-refractivity contribution in [3.05, 3.63) is 11.9 Å². The smallest absolute Gasteiger partial charge is 0.134 e. The van der Waals surface area contributed by atoms with Crippen LogP contribution in [-0.4, -0.2) is 34.8 Å². The van der Waals surface area contributed by atoms with Gasteiger partial charge in [0.2, 0.25) is 0 Å². The highest BCUT2D eigenvalue weighted by Gasteiger charge is 2.29. The summed E-state index contributed by atoms with van der Waals surface area (Å²) in [6.45, 7) is 10.2. The maximum Gasteiger partial charge on any atom is 0.134 e. The molecule has 1 unspecified atom stereocenters. The second kappa shape index (κ2) is 6.39. The minimum absolute atomic E-state index is 0.0554. The molecular weight excluding hydrogens is 252 g/mol. The Morgan fingerprint density at radius 1 is 1.35 bits per heavy atom. The summed E-state index contributed by atoms with van der Waals surface area (Å²) in [6, 6.07) is 0.409. The van der Waals surface area contributed by atoms with Crippen LogP contribution in [-0.2, 0) is 4.74 Å². The summed E-state index contributed by atoms with van der Waals surface area (Å²) in [6.07, 6.45) is 4.72. The lowest BCUT2D eigenvalue weighted by Crippen LogP contribution is -2.40. The number of nitrogens with one attached hydrogen (secondary N) is 2. The Morgan fingerprint density at radius 3 is 2.80 bits per heavy atom. The standard InChI is InChI=1S/C15H26N4O/c1-5-7-16-13-11(2)14(18-10-17-13)19-12-6-8-20-15(3,4)9-12/h10,12H,5-9H2,1-4H3,(H2,16,17,18,19). The summed E-state index contributed by atoms with van der Waals surface area (Å²) in [5.41, 5.74) is 1.03. The van der Waals surface area contributed by atoms with Gasteiger partial charge in [-0.25, -0.2) is 9.97 Å². The van der Waals surface area contributed by atoms with Crippen LogP contribution in [0.5, 0.6) is 0 Å². The second-order valence-electron chi connectivity index (χ2n) is 6.06. The fourth-order valence-electron chi connectivity index (χ4n) is 2.57. The van der Waals surface area contributed by atoms with Crippen molar-refractivity contribution < 1.29 is 4.74 Å². The molecule has 1 aromatic rings. The molecule has 0 bridgehead atoms. The van der Waals surface area contributed by atoms with Gasteiger partial charge in [0.05, 0.1) is 5.60 Å². The second-order valence-corrected chi connectivity index (χ2v) is 6.06. The zero-order valence-corrected chi connectivity index (χ0v) is 13.0. The molecule has 2 heterocycles. The molecule has 0 aromatic carbocycles. The van der Waals surface area contributed by atoms with E-state index in [0.717, 1.165) is 49.6 Å². The molecule has 0 radical (unpaired) electrons. The predicted octanol–water partition coefficient (Wildman–Crippen LogP) is 2.98. The Balaban J connectivity index is 2.05. The van der Waals surface area contributed by atoms with Crippen LogP contribution in [0.4, 0.5) is 11.6 Å². The van der Waals surface area contributed by atoms with Crippen LogP contribution in [0.25, 0.3) is 0 Å². The van der Waals surface area contributed by atoms with Crippen LogP contribution in [0, 0.1) is 6.92 Å². The summed E-state index contributed by atoms with van der Waals surface area (Å²) >= 11 is 0. The van der Waals surface area contributed by atoms with Crippen LogP contribution in [0.3, 0.4) is 0 Å². The van der Waals surface area contributed by atoms with Crippen LogP contribution in [0.1, 0.15) is 45.6 Å². The van der Waals surface area contributed by atoms with E-state index < -0.39 is 0 Å². The van der Waals surface area contributed by atoms with Gasteiger partial charge in [-0.15, -0.1) is 0 Å². The maximum absolute atomic E-state index is 5.76. The zero-order chi connectivity index (χ0) is 14.6. The highest BCUT2D eigenvalue weighted by atomic mass is 16.5. The number of rotatable bonds is 5. The Morgan fingerprint density at radius 2 is 2.10 bits per heavy atom. The van der Waals surface area contributed by atoms with Gasteiger partial charge in [0, 0.05) is 24.8 Å². The van der Waals surface area contributed by atoms with Gasteiger partial charge in [-0.1, -0.05) is 6.92 Å². The number of nitrogens with zero attached hydrogens (tertiary/aromatic N) is 2. The van der Waals surface area contributed by atoms with Gasteiger partial charge in [0.1, 0.15) is 18.0 Å². The van der Waals surface area contributed by atoms with Gasteiger partial charge in [0.15, 0.2) is 0 Å². The van der Waals surface area contributed by atoms with E-state index in [-0.39, 0.29) is 5.60 Å². The molecule has 0 amide bonds. The van der Waals surface area contributed by atoms with Crippen molar-refractivity contribution in [1.82, 2.24) is 9.97 Å². The Labute approximate surface area is 121 Å². The number of ether oxygens (including phenoxy) is 1. The van der Waals surface area contributed by atoms with Crippen molar-refractivity contribution in [2.24, 2.45) is 0 Å². The Kier molecular flexibility index (Phi) is 4.81. The molecule has 1 saturated heterocycles. The van der Waals surface area contributed by atoms with E-state index in [0.29, 0.717) is 6.04 Å². The molecule has 0 spiro atoms. The summed E-state index contributed by atoms with van der Waals surface area (Å²) in [4.78, 5) is 8.70. The Bertz CT molecular complexity index is 447. The van der Waals surface area contributed by atoms with Crippen LogP contribution in [0.15, 0.2) is 6.33 Å². The quantitative estimate of drug-likeness (QED) is 0.867. The molecule has 20 heavy (non-hydrogen) atoms. The number of anilines is 2. The van der Waals surface area contributed by atoms with Crippen molar-refractivity contribution in [2.75, 3.05) is 23.8 Å². The molecule has 1 atom stereocenters. The summed E-state index contributed by atoms with van der Waals surface area (Å²) in [5.74, 6) is 1.86. The molecule has 0 aliphatic carbocycles. The van der Waals surface area contributed by atoms with Crippen LogP contribution in [0.2, 0.25) is 0 Å². The minimum atomic E-state index is -0.0554. The molecule has 112 valence electrons. The van der Waals surface area contributed by atoms with Crippen LogP contribution >= 0.6 is 0 Å². The fraction of sp³-hybridized carbons (Fsp3) is 0.733. The van der Waals surface area contributed by atoms with Gasteiger partial charge in [-0.05, 0) is 40.0 Å². The molecule has 1 aromatic heterocycles. The van der Waals surface area contributed by atoms with Gasteiger partial charge >= 0.3 is 0 Å². The zero-order valence-electron chi connectivity index (χ0n) is 13.0. The lowest BCUT2D eigenvalue weighted by Gasteiger charge is -2.36. The van der Waals surface area contributed by atoms with E-state index in [4.69, 9.17) is 4.74 Å². The molecule has 1 fully saturated rings. The number of hydrogen-bond acceptors (Lipinski definition) is 5. The Hall–Kier alpha value is -1.36. The lowest BCUT2D eigenvalue weighted by atomic mass is 9.94. The lowest BCUT2D eigenvalue weighted by molar-refractivity contribution is -0.0553. The largest absolute Gasteiger partial charge is 0.375 e. The molecule has 5 nitrogen and oxygen atoms in total. The molecule has 1 aliphatic rings.